The van der Waals surface area contributed by atoms with Crippen LogP contribution >= 0.6 is 0 Å². The van der Waals surface area contributed by atoms with Crippen LogP contribution in [-0.4, -0.2) is 11.1 Å². The number of hydrogen-bond donors (Lipinski definition) is 1. The minimum Gasteiger partial charge on any atom is -0.872 e. The van der Waals surface area contributed by atoms with Crippen molar-refractivity contribution in [2.24, 2.45) is 0 Å². The maximum absolute atomic E-state index is 11.3. The smallest absolute Gasteiger partial charge is 0.335 e. The van der Waals surface area contributed by atoms with Crippen molar-refractivity contribution >= 4 is 5.97 Å². The van der Waals surface area contributed by atoms with Crippen LogP contribution in [0, 0.1) is 0 Å². The second-order valence-corrected chi connectivity index (χ2v) is 2.84. The van der Waals surface area contributed by atoms with E-state index in [4.69, 9.17) is 5.11 Å². The van der Waals surface area contributed by atoms with Gasteiger partial charge in [0.2, 0.25) is 0 Å². The van der Waals surface area contributed by atoms with Crippen molar-refractivity contribution in [1.82, 2.24) is 0 Å². The number of hydrogen-bond acceptors (Lipinski definition) is 2. The van der Waals surface area contributed by atoms with Gasteiger partial charge < -0.3 is 10.2 Å². The molecule has 0 saturated heterocycles. The third-order valence-corrected chi connectivity index (χ3v) is 1.86. The summed E-state index contributed by atoms with van der Waals surface area (Å²) in [4.78, 5) is 10.7. The van der Waals surface area contributed by atoms with E-state index in [1.54, 1.807) is 0 Å². The van der Waals surface area contributed by atoms with Gasteiger partial charge in [-0.15, -0.1) is 5.75 Å². The molecule has 70 valence electrons. The Morgan fingerprint density at radius 3 is 2.77 bits per heavy atom. The van der Waals surface area contributed by atoms with E-state index in [-0.39, 0.29) is 11.3 Å². The lowest BCUT2D eigenvalue weighted by atomic mass is 10.0. The van der Waals surface area contributed by atoms with E-state index >= 15 is 0 Å². The zero-order valence-corrected chi connectivity index (χ0v) is 7.41. The van der Waals surface area contributed by atoms with Crippen LogP contribution < -0.4 is 5.11 Å². The number of carboxylic acid groups (broad SMARTS) is 1. The second-order valence-electron chi connectivity index (χ2n) is 2.84. The van der Waals surface area contributed by atoms with Crippen molar-refractivity contribution in [3.05, 3.63) is 29.3 Å². The van der Waals surface area contributed by atoms with Gasteiger partial charge in [-0.3, -0.25) is 0 Å². The van der Waals surface area contributed by atoms with Crippen LogP contribution in [0.4, 0.5) is 0 Å². The van der Waals surface area contributed by atoms with Crippen LogP contribution in [0.15, 0.2) is 18.2 Å². The first-order valence-corrected chi connectivity index (χ1v) is 4.19. The van der Waals surface area contributed by atoms with Gasteiger partial charge in [0.05, 0.1) is 5.56 Å². The Hall–Kier alpha value is -1.51. The van der Waals surface area contributed by atoms with Crippen LogP contribution in [0.1, 0.15) is 29.3 Å². The molecule has 1 aromatic rings. The highest BCUT2D eigenvalue weighted by atomic mass is 16.4. The first kappa shape index (κ1) is 9.58. The molecule has 1 N–H and O–H groups in total. The van der Waals surface area contributed by atoms with Crippen molar-refractivity contribution < 1.29 is 15.0 Å². The lowest BCUT2D eigenvalue weighted by molar-refractivity contribution is -0.269. The predicted molar refractivity (Wildman–Crippen MR) is 46.8 cm³/mol. The lowest BCUT2D eigenvalue weighted by Gasteiger charge is -2.14. The largest absolute Gasteiger partial charge is 0.872 e. The highest BCUT2D eigenvalue weighted by Crippen LogP contribution is 2.20. The summed E-state index contributed by atoms with van der Waals surface area (Å²) in [6.45, 7) is 1.91. The summed E-state index contributed by atoms with van der Waals surface area (Å²) >= 11 is 0. The number of carboxylic acids is 1. The molecule has 13 heavy (non-hydrogen) atoms. The van der Waals surface area contributed by atoms with Crippen molar-refractivity contribution in [3.63, 3.8) is 0 Å². The Labute approximate surface area is 76.6 Å². The summed E-state index contributed by atoms with van der Waals surface area (Å²) in [7, 11) is 0. The number of aromatic carboxylic acids is 1. The molecule has 0 radical (unpaired) electrons. The Morgan fingerprint density at radius 1 is 1.54 bits per heavy atom. The van der Waals surface area contributed by atoms with Gasteiger partial charge in [-0.1, -0.05) is 25.5 Å². The molecule has 1 rings (SSSR count). The number of carbonyl (C=O) groups is 1. The van der Waals surface area contributed by atoms with E-state index in [2.05, 4.69) is 0 Å². The summed E-state index contributed by atoms with van der Waals surface area (Å²) in [5, 5.41) is 20.0. The normalized spacial score (nSPS) is 9.92. The monoisotopic (exact) mass is 179 g/mol. The molecular weight excluding hydrogens is 168 g/mol. The van der Waals surface area contributed by atoms with Crippen LogP contribution in [-0.2, 0) is 6.42 Å². The van der Waals surface area contributed by atoms with Gasteiger partial charge in [0.1, 0.15) is 0 Å². The molecule has 0 heterocycles. The molecule has 0 aliphatic carbocycles. The molecule has 0 atom stereocenters. The Bertz CT molecular complexity index is 318. The van der Waals surface area contributed by atoms with Gasteiger partial charge in [0.15, 0.2) is 0 Å². The molecule has 0 saturated carbocycles. The van der Waals surface area contributed by atoms with Crippen molar-refractivity contribution in [2.45, 2.75) is 19.8 Å². The molecule has 0 bridgehead atoms. The predicted octanol–water partition coefficient (Wildman–Crippen LogP) is 1.41. The Balaban J connectivity index is 3.17. The van der Waals surface area contributed by atoms with E-state index in [9.17, 15) is 9.90 Å². The fourth-order valence-electron chi connectivity index (χ4n) is 1.27. The van der Waals surface area contributed by atoms with Crippen molar-refractivity contribution in [3.8, 4) is 5.75 Å². The molecule has 0 aliphatic rings. The minimum absolute atomic E-state index is 0.134. The maximum atomic E-state index is 11.3. The van der Waals surface area contributed by atoms with Gasteiger partial charge in [-0.2, -0.15) is 0 Å². The molecule has 0 spiro atoms. The average molecular weight is 179 g/mol. The van der Waals surface area contributed by atoms with Gasteiger partial charge in [0, 0.05) is 0 Å². The standard InChI is InChI=1S/C10H12O3/c1-2-4-7-8(10(12)13)5-3-6-9(7)11/h3,5-6,11H,2,4H2,1H3,(H,12,13)/p-1. The fourth-order valence-corrected chi connectivity index (χ4v) is 1.27. The SMILES string of the molecule is CCCc1c([O-])cccc1C(=O)O. The van der Waals surface area contributed by atoms with Gasteiger partial charge in [-0.05, 0) is 18.1 Å². The minimum atomic E-state index is -1.03. The fraction of sp³-hybridized carbons (Fsp3) is 0.300. The third kappa shape index (κ3) is 1.99. The summed E-state index contributed by atoms with van der Waals surface area (Å²) in [6, 6.07) is 4.34. The average Bonchev–Trinajstić information content (AvgIpc) is 2.08. The zero-order chi connectivity index (χ0) is 9.84. The first-order valence-electron chi connectivity index (χ1n) is 4.19. The van der Waals surface area contributed by atoms with E-state index < -0.39 is 5.97 Å². The summed E-state index contributed by atoms with van der Waals surface area (Å²) in [6.07, 6.45) is 1.31. The highest BCUT2D eigenvalue weighted by molar-refractivity contribution is 5.90. The number of rotatable bonds is 3. The molecular formula is C10H11O3-. The Morgan fingerprint density at radius 2 is 2.23 bits per heavy atom. The van der Waals surface area contributed by atoms with E-state index in [1.807, 2.05) is 6.92 Å². The topological polar surface area (TPSA) is 60.4 Å². The summed E-state index contributed by atoms with van der Waals surface area (Å²) < 4.78 is 0. The van der Waals surface area contributed by atoms with Crippen LogP contribution in [0.25, 0.3) is 0 Å². The van der Waals surface area contributed by atoms with Crippen LogP contribution in [0.2, 0.25) is 0 Å². The van der Waals surface area contributed by atoms with Gasteiger partial charge in [0.25, 0.3) is 0 Å². The number of benzene rings is 1. The van der Waals surface area contributed by atoms with E-state index in [1.165, 1.54) is 18.2 Å². The van der Waals surface area contributed by atoms with Crippen molar-refractivity contribution in [2.75, 3.05) is 0 Å². The molecule has 0 fully saturated rings. The van der Waals surface area contributed by atoms with E-state index in [0.29, 0.717) is 12.0 Å². The van der Waals surface area contributed by atoms with Crippen LogP contribution in [0.3, 0.4) is 0 Å². The first-order chi connectivity index (χ1) is 6.16. The molecule has 0 aliphatic heterocycles. The zero-order valence-electron chi connectivity index (χ0n) is 7.41. The molecule has 1 aromatic carbocycles. The third-order valence-electron chi connectivity index (χ3n) is 1.86. The quantitative estimate of drug-likeness (QED) is 0.763. The van der Waals surface area contributed by atoms with Gasteiger partial charge >= 0.3 is 5.97 Å². The summed E-state index contributed by atoms with van der Waals surface area (Å²) in [5.41, 5.74) is 0.548. The van der Waals surface area contributed by atoms with E-state index in [0.717, 1.165) is 6.42 Å². The second kappa shape index (κ2) is 3.94. The van der Waals surface area contributed by atoms with Gasteiger partial charge in [-0.25, -0.2) is 4.79 Å². The van der Waals surface area contributed by atoms with Crippen molar-refractivity contribution in [1.29, 1.82) is 0 Å². The molecule has 3 heteroatoms. The van der Waals surface area contributed by atoms with Crippen LogP contribution in [0.5, 0.6) is 5.75 Å². The molecule has 0 amide bonds. The molecule has 0 aromatic heterocycles. The molecule has 3 nitrogen and oxygen atoms in total. The lowest BCUT2D eigenvalue weighted by Crippen LogP contribution is -2.06. The Kier molecular flexibility index (Phi) is 2.90. The maximum Gasteiger partial charge on any atom is 0.335 e. The summed E-state index contributed by atoms with van der Waals surface area (Å²) in [5.74, 6) is -1.21. The molecule has 0 unspecified atom stereocenters. The highest BCUT2D eigenvalue weighted by Gasteiger charge is 2.08.